The molecule has 0 aliphatic rings. The van der Waals surface area contributed by atoms with E-state index in [0.29, 0.717) is 0 Å². The highest BCUT2D eigenvalue weighted by Gasteiger charge is 1.95. The van der Waals surface area contributed by atoms with Crippen molar-refractivity contribution in [3.05, 3.63) is 40.4 Å². The number of unbranched alkanes of at least 4 members (excludes halogenated alkanes) is 15. The Morgan fingerprint density at radius 2 is 1.10 bits per heavy atom. The van der Waals surface area contributed by atoms with E-state index in [0.717, 1.165) is 6.54 Å². The number of hydrogen-bond donors (Lipinski definition) is 1. The Morgan fingerprint density at radius 3 is 1.45 bits per heavy atom. The van der Waals surface area contributed by atoms with Crippen LogP contribution in [0.15, 0.2) is 30.3 Å². The van der Waals surface area contributed by atoms with Gasteiger partial charge < -0.3 is 5.73 Å². The third kappa shape index (κ3) is 22.5. The van der Waals surface area contributed by atoms with Gasteiger partial charge in [0, 0.05) is 0 Å². The number of nitrogens with two attached hydrogens (primary N) is 1. The van der Waals surface area contributed by atoms with E-state index in [1.54, 1.807) is 18.2 Å². The van der Waals surface area contributed by atoms with Crippen molar-refractivity contribution in [1.82, 2.24) is 0 Å². The predicted molar refractivity (Wildman–Crippen MR) is 123 cm³/mol. The van der Waals surface area contributed by atoms with Crippen LogP contribution in [0, 0.1) is 10.1 Å². The molecule has 5 nitrogen and oxygen atoms in total. The van der Waals surface area contributed by atoms with E-state index in [-0.39, 0.29) is 5.75 Å². The van der Waals surface area contributed by atoms with Crippen LogP contribution in [-0.2, 0) is 0 Å². The molecule has 1 aromatic rings. The largest absolute Gasteiger partial charge is 0.330 e. The first-order valence-corrected chi connectivity index (χ1v) is 11.8. The van der Waals surface area contributed by atoms with Crippen molar-refractivity contribution in [3.8, 4) is 5.75 Å². The van der Waals surface area contributed by atoms with E-state index in [1.807, 2.05) is 0 Å². The van der Waals surface area contributed by atoms with Crippen molar-refractivity contribution in [1.29, 1.82) is 0 Å². The molecule has 0 aliphatic heterocycles. The average Bonchev–Trinajstić information content (AvgIpc) is 2.72. The van der Waals surface area contributed by atoms with Crippen LogP contribution in [-0.4, -0.2) is 11.6 Å². The molecule has 0 heterocycles. The molecule has 0 aromatic heterocycles. The first kappa shape index (κ1) is 27.4. The molecule has 0 fully saturated rings. The minimum absolute atomic E-state index is 0.243. The summed E-state index contributed by atoms with van der Waals surface area (Å²) in [6, 6.07) is 8.12. The van der Waals surface area contributed by atoms with Crippen LogP contribution >= 0.6 is 0 Å². The quantitative estimate of drug-likeness (QED) is 0.155. The van der Waals surface area contributed by atoms with Gasteiger partial charge in [-0.15, -0.1) is 10.1 Å². The van der Waals surface area contributed by atoms with Gasteiger partial charge in [-0.3, -0.25) is 4.84 Å². The fourth-order valence-corrected chi connectivity index (χ4v) is 3.26. The maximum absolute atomic E-state index is 9.75. The summed E-state index contributed by atoms with van der Waals surface area (Å²) >= 11 is 0. The topological polar surface area (TPSA) is 78.4 Å². The highest BCUT2D eigenvalue weighted by Crippen LogP contribution is 2.13. The molecule has 1 rings (SSSR count). The summed E-state index contributed by atoms with van der Waals surface area (Å²) in [5.41, 5.74) is 5.48. The van der Waals surface area contributed by atoms with E-state index < -0.39 is 5.09 Å². The second kappa shape index (κ2) is 22.7. The summed E-state index contributed by atoms with van der Waals surface area (Å²) in [5, 5.41) is 8.91. The molecular weight excluding hydrogens is 364 g/mol. The molecule has 0 aliphatic carbocycles. The Labute approximate surface area is 178 Å². The van der Waals surface area contributed by atoms with Crippen molar-refractivity contribution < 1.29 is 9.92 Å². The summed E-state index contributed by atoms with van der Waals surface area (Å²) in [6.45, 7) is 3.16. The SMILES string of the molecule is CCCCCCCCCCCCCCCCCCN.O=[N+]([O-])Oc1ccccc1. The molecule has 29 heavy (non-hydrogen) atoms. The van der Waals surface area contributed by atoms with Crippen LogP contribution < -0.4 is 10.6 Å². The summed E-state index contributed by atoms with van der Waals surface area (Å²) in [5.74, 6) is 0.243. The normalized spacial score (nSPS) is 10.3. The lowest BCUT2D eigenvalue weighted by molar-refractivity contribution is -0.711. The second-order valence-electron chi connectivity index (χ2n) is 7.72. The van der Waals surface area contributed by atoms with Crippen LogP contribution in [0.1, 0.15) is 110 Å². The fraction of sp³-hybridized carbons (Fsp3) is 0.750. The minimum Gasteiger partial charge on any atom is -0.330 e. The molecule has 0 radical (unpaired) electrons. The average molecular weight is 409 g/mol. The zero-order valence-corrected chi connectivity index (χ0v) is 18.7. The van der Waals surface area contributed by atoms with Gasteiger partial charge in [-0.1, -0.05) is 121 Å². The first-order valence-electron chi connectivity index (χ1n) is 11.8. The number of benzene rings is 1. The third-order valence-electron chi connectivity index (χ3n) is 4.98. The van der Waals surface area contributed by atoms with Gasteiger partial charge >= 0.3 is 0 Å². The van der Waals surface area contributed by atoms with E-state index in [2.05, 4.69) is 11.8 Å². The molecular formula is C24H44N2O3. The van der Waals surface area contributed by atoms with Crippen LogP contribution in [0.4, 0.5) is 0 Å². The first-order chi connectivity index (χ1) is 14.2. The van der Waals surface area contributed by atoms with E-state index in [4.69, 9.17) is 5.73 Å². The monoisotopic (exact) mass is 408 g/mol. The van der Waals surface area contributed by atoms with Crippen LogP contribution in [0.3, 0.4) is 0 Å². The second-order valence-corrected chi connectivity index (χ2v) is 7.72. The molecule has 2 N–H and O–H groups in total. The smallest absolute Gasteiger partial charge is 0.299 e. The Hall–Kier alpha value is -1.62. The lowest BCUT2D eigenvalue weighted by Gasteiger charge is -2.03. The maximum atomic E-state index is 9.75. The van der Waals surface area contributed by atoms with Gasteiger partial charge in [0.25, 0.3) is 5.09 Å². The molecule has 1 aromatic carbocycles. The Balaban J connectivity index is 0.000000651. The summed E-state index contributed by atoms with van der Waals surface area (Å²) in [7, 11) is 0. The van der Waals surface area contributed by atoms with E-state index in [1.165, 1.54) is 115 Å². The molecule has 0 saturated heterocycles. The Morgan fingerprint density at radius 1 is 0.724 bits per heavy atom. The molecule has 0 amide bonds. The van der Waals surface area contributed by atoms with Crippen LogP contribution in [0.2, 0.25) is 0 Å². The lowest BCUT2D eigenvalue weighted by atomic mass is 10.0. The van der Waals surface area contributed by atoms with Crippen molar-refractivity contribution in [2.75, 3.05) is 6.54 Å². The molecule has 0 spiro atoms. The van der Waals surface area contributed by atoms with Crippen molar-refractivity contribution in [2.24, 2.45) is 5.73 Å². The van der Waals surface area contributed by atoms with Gasteiger partial charge in [0.2, 0.25) is 0 Å². The fourth-order valence-electron chi connectivity index (χ4n) is 3.26. The van der Waals surface area contributed by atoms with Gasteiger partial charge in [0.1, 0.15) is 5.75 Å². The Bertz CT molecular complexity index is 439. The highest BCUT2D eigenvalue weighted by molar-refractivity contribution is 5.19. The van der Waals surface area contributed by atoms with Gasteiger partial charge in [-0.25, -0.2) is 0 Å². The maximum Gasteiger partial charge on any atom is 0.299 e. The van der Waals surface area contributed by atoms with Gasteiger partial charge in [-0.2, -0.15) is 0 Å². The zero-order chi connectivity index (χ0) is 21.4. The zero-order valence-electron chi connectivity index (χ0n) is 18.7. The Kier molecular flexibility index (Phi) is 21.4. The molecule has 0 unspecified atom stereocenters. The highest BCUT2D eigenvalue weighted by atomic mass is 17.0. The molecule has 5 heteroatoms. The third-order valence-corrected chi connectivity index (χ3v) is 4.98. The number of rotatable bonds is 18. The lowest BCUT2D eigenvalue weighted by Crippen LogP contribution is -2.02. The van der Waals surface area contributed by atoms with Crippen molar-refractivity contribution >= 4 is 0 Å². The van der Waals surface area contributed by atoms with Gasteiger partial charge in [0.15, 0.2) is 0 Å². The van der Waals surface area contributed by atoms with E-state index >= 15 is 0 Å². The molecule has 168 valence electrons. The standard InChI is InChI=1S/C18H39N.C6H5NO3/c1-2-3-4-5-6-7-8-9-10-11-12-13-14-15-16-17-18-19;8-7(9)10-6-4-2-1-3-5-6/h2-19H2,1H3;1-5H. The van der Waals surface area contributed by atoms with Gasteiger partial charge in [0.05, 0.1) is 0 Å². The van der Waals surface area contributed by atoms with Crippen LogP contribution in [0.25, 0.3) is 0 Å². The summed E-state index contributed by atoms with van der Waals surface area (Å²) < 4.78 is 0. The van der Waals surface area contributed by atoms with Crippen molar-refractivity contribution in [3.63, 3.8) is 0 Å². The minimum atomic E-state index is -0.838. The molecule has 0 atom stereocenters. The number of para-hydroxylation sites is 1. The number of nitrogens with zero attached hydrogens (tertiary/aromatic N) is 1. The molecule has 0 bridgehead atoms. The summed E-state index contributed by atoms with van der Waals surface area (Å²) in [6.07, 6.45) is 22.9. The van der Waals surface area contributed by atoms with Crippen molar-refractivity contribution in [2.45, 2.75) is 110 Å². The summed E-state index contributed by atoms with van der Waals surface area (Å²) in [4.78, 5) is 13.9. The van der Waals surface area contributed by atoms with Crippen LogP contribution in [0.5, 0.6) is 5.75 Å². The van der Waals surface area contributed by atoms with E-state index in [9.17, 15) is 10.1 Å². The molecule has 0 saturated carbocycles. The van der Waals surface area contributed by atoms with Gasteiger partial charge in [-0.05, 0) is 25.1 Å². The predicted octanol–water partition coefficient (Wildman–Crippen LogP) is 7.46. The number of hydrogen-bond acceptors (Lipinski definition) is 4.